The van der Waals surface area contributed by atoms with E-state index < -0.39 is 12.0 Å². The van der Waals surface area contributed by atoms with Gasteiger partial charge in [-0.15, -0.1) is 0 Å². The zero-order valence-electron chi connectivity index (χ0n) is 18.9. The molecule has 0 aliphatic heterocycles. The topological polar surface area (TPSA) is 63.6 Å². The zero-order valence-corrected chi connectivity index (χ0v) is 18.9. The molecule has 2 rings (SSSR count). The molecular formula is C25H42O4. The molecule has 6 atom stereocenters. The first-order chi connectivity index (χ1) is 13.8. The van der Waals surface area contributed by atoms with Crippen LogP contribution in [0.1, 0.15) is 91.9 Å². The molecule has 0 saturated heterocycles. The van der Waals surface area contributed by atoms with Crippen LogP contribution in [0.3, 0.4) is 0 Å². The Hall–Kier alpha value is -1.16. The quantitative estimate of drug-likeness (QED) is 0.297. The van der Waals surface area contributed by atoms with Gasteiger partial charge in [-0.2, -0.15) is 0 Å². The lowest BCUT2D eigenvalue weighted by Crippen LogP contribution is -2.36. The highest BCUT2D eigenvalue weighted by atomic mass is 16.5. The number of rotatable bonds is 10. The predicted molar refractivity (Wildman–Crippen MR) is 116 cm³/mol. The number of ether oxygens (including phenoxy) is 1. The highest BCUT2D eigenvalue weighted by molar-refractivity contribution is 5.88. The van der Waals surface area contributed by atoms with Crippen molar-refractivity contribution in [1.82, 2.24) is 0 Å². The van der Waals surface area contributed by atoms with E-state index in [1.54, 1.807) is 0 Å². The summed E-state index contributed by atoms with van der Waals surface area (Å²) in [7, 11) is 0. The highest BCUT2D eigenvalue weighted by Gasteiger charge is 2.42. The molecule has 29 heavy (non-hydrogen) atoms. The van der Waals surface area contributed by atoms with Crippen molar-refractivity contribution in [2.75, 3.05) is 0 Å². The number of aliphatic hydroxyl groups is 1. The van der Waals surface area contributed by atoms with E-state index >= 15 is 0 Å². The van der Waals surface area contributed by atoms with Crippen LogP contribution in [0.25, 0.3) is 0 Å². The average molecular weight is 407 g/mol. The minimum absolute atomic E-state index is 0.00694. The molecule has 0 amide bonds. The molecule has 0 aromatic heterocycles. The van der Waals surface area contributed by atoms with Gasteiger partial charge >= 0.3 is 5.97 Å². The SMILES string of the molecule is CCCCCC/C=C/[C@H]1[C@H](O)CC(=O)[C@@H]1CC(=O)O[C@@H]1C[C@H](C)CC[C@H]1C(C)C. The average Bonchev–Trinajstić information content (AvgIpc) is 2.91. The lowest BCUT2D eigenvalue weighted by molar-refractivity contribution is -0.158. The summed E-state index contributed by atoms with van der Waals surface area (Å²) in [6.07, 6.45) is 12.5. The molecule has 4 nitrogen and oxygen atoms in total. The third kappa shape index (κ3) is 7.24. The molecular weight excluding hydrogens is 364 g/mol. The van der Waals surface area contributed by atoms with Gasteiger partial charge in [-0.1, -0.05) is 65.5 Å². The molecule has 166 valence electrons. The van der Waals surface area contributed by atoms with E-state index in [2.05, 4.69) is 33.8 Å². The van der Waals surface area contributed by atoms with E-state index in [0.29, 0.717) is 17.8 Å². The summed E-state index contributed by atoms with van der Waals surface area (Å²) in [5.74, 6) is 0.477. The van der Waals surface area contributed by atoms with Crippen molar-refractivity contribution < 1.29 is 19.4 Å². The predicted octanol–water partition coefficient (Wildman–Crippen LogP) is 5.47. The monoisotopic (exact) mass is 406 g/mol. The van der Waals surface area contributed by atoms with Gasteiger partial charge in [-0.3, -0.25) is 9.59 Å². The van der Waals surface area contributed by atoms with Crippen LogP contribution in [0.2, 0.25) is 0 Å². The second-order valence-electron chi connectivity index (χ2n) is 9.76. The van der Waals surface area contributed by atoms with Gasteiger partial charge in [-0.05, 0) is 43.4 Å². The Labute approximate surface area is 177 Å². The Morgan fingerprint density at radius 3 is 2.69 bits per heavy atom. The van der Waals surface area contributed by atoms with E-state index in [-0.39, 0.29) is 36.6 Å². The molecule has 0 unspecified atom stereocenters. The smallest absolute Gasteiger partial charge is 0.306 e. The first kappa shape index (κ1) is 24.1. The molecule has 4 heteroatoms. The number of allylic oxidation sites excluding steroid dienone is 1. The Balaban J connectivity index is 1.91. The molecule has 0 spiro atoms. The van der Waals surface area contributed by atoms with Crippen LogP contribution in [0.15, 0.2) is 12.2 Å². The Kier molecular flexibility index (Phi) is 9.88. The Morgan fingerprint density at radius 2 is 2.00 bits per heavy atom. The number of unbranched alkanes of at least 4 members (excludes halogenated alkanes) is 4. The van der Waals surface area contributed by atoms with Crippen LogP contribution in [-0.2, 0) is 14.3 Å². The fourth-order valence-electron chi connectivity index (χ4n) is 5.08. The van der Waals surface area contributed by atoms with Gasteiger partial charge < -0.3 is 9.84 Å². The summed E-state index contributed by atoms with van der Waals surface area (Å²) >= 11 is 0. The van der Waals surface area contributed by atoms with Crippen molar-refractivity contribution in [3.8, 4) is 0 Å². The molecule has 2 aliphatic carbocycles. The third-order valence-electron chi connectivity index (χ3n) is 6.95. The van der Waals surface area contributed by atoms with E-state index in [4.69, 9.17) is 4.74 Å². The van der Waals surface area contributed by atoms with E-state index in [0.717, 1.165) is 25.7 Å². The summed E-state index contributed by atoms with van der Waals surface area (Å²) in [6.45, 7) is 8.80. The fourth-order valence-corrected chi connectivity index (χ4v) is 5.08. The van der Waals surface area contributed by atoms with Gasteiger partial charge in [0.05, 0.1) is 12.5 Å². The second-order valence-corrected chi connectivity index (χ2v) is 9.76. The normalized spacial score (nSPS) is 33.0. The van der Waals surface area contributed by atoms with Crippen LogP contribution >= 0.6 is 0 Å². The second kappa shape index (κ2) is 11.9. The van der Waals surface area contributed by atoms with Crippen LogP contribution in [0.5, 0.6) is 0 Å². The summed E-state index contributed by atoms with van der Waals surface area (Å²) in [6, 6.07) is 0. The van der Waals surface area contributed by atoms with Gasteiger partial charge in [0.25, 0.3) is 0 Å². The maximum atomic E-state index is 12.7. The summed E-state index contributed by atoms with van der Waals surface area (Å²) < 4.78 is 5.90. The van der Waals surface area contributed by atoms with Crippen molar-refractivity contribution in [3.05, 3.63) is 12.2 Å². The van der Waals surface area contributed by atoms with Crippen molar-refractivity contribution in [1.29, 1.82) is 0 Å². The van der Waals surface area contributed by atoms with Crippen molar-refractivity contribution in [2.45, 2.75) is 104 Å². The minimum Gasteiger partial charge on any atom is -0.462 e. The first-order valence-electron chi connectivity index (χ1n) is 11.9. The Morgan fingerprint density at radius 1 is 1.24 bits per heavy atom. The number of carbonyl (C=O) groups is 2. The highest BCUT2D eigenvalue weighted by Crippen LogP contribution is 2.37. The van der Waals surface area contributed by atoms with Gasteiger partial charge in [0.1, 0.15) is 11.9 Å². The van der Waals surface area contributed by atoms with Crippen LogP contribution in [0.4, 0.5) is 0 Å². The molecule has 0 radical (unpaired) electrons. The molecule has 0 aromatic carbocycles. The summed E-state index contributed by atoms with van der Waals surface area (Å²) in [4.78, 5) is 25.1. The molecule has 2 saturated carbocycles. The van der Waals surface area contributed by atoms with Gasteiger partial charge in [0.15, 0.2) is 0 Å². The minimum atomic E-state index is -0.676. The largest absolute Gasteiger partial charge is 0.462 e. The molecule has 2 fully saturated rings. The van der Waals surface area contributed by atoms with E-state index in [1.165, 1.54) is 25.7 Å². The van der Waals surface area contributed by atoms with Crippen molar-refractivity contribution in [2.24, 2.45) is 29.6 Å². The van der Waals surface area contributed by atoms with E-state index in [9.17, 15) is 14.7 Å². The molecule has 0 heterocycles. The lowest BCUT2D eigenvalue weighted by atomic mass is 9.75. The van der Waals surface area contributed by atoms with E-state index in [1.807, 2.05) is 6.08 Å². The van der Waals surface area contributed by atoms with Crippen molar-refractivity contribution >= 4 is 11.8 Å². The van der Waals surface area contributed by atoms with Crippen molar-refractivity contribution in [3.63, 3.8) is 0 Å². The lowest BCUT2D eigenvalue weighted by Gasteiger charge is -2.36. The third-order valence-corrected chi connectivity index (χ3v) is 6.95. The number of hydrogen-bond donors (Lipinski definition) is 1. The molecule has 2 aliphatic rings. The van der Waals surface area contributed by atoms with Crippen LogP contribution < -0.4 is 0 Å². The zero-order chi connectivity index (χ0) is 21.4. The molecule has 1 N–H and O–H groups in total. The van der Waals surface area contributed by atoms with Gasteiger partial charge in [0, 0.05) is 18.3 Å². The molecule has 0 aromatic rings. The Bertz CT molecular complexity index is 553. The maximum absolute atomic E-state index is 12.7. The van der Waals surface area contributed by atoms with Gasteiger partial charge in [-0.25, -0.2) is 0 Å². The number of Topliss-reactive ketones (excluding diaryl/α,β-unsaturated/α-hetero) is 1. The number of carbonyl (C=O) groups excluding carboxylic acids is 2. The fraction of sp³-hybridized carbons (Fsp3) is 0.840. The number of ketones is 1. The van der Waals surface area contributed by atoms with Crippen LogP contribution in [0, 0.1) is 29.6 Å². The summed E-state index contributed by atoms with van der Waals surface area (Å²) in [5.41, 5.74) is 0. The number of esters is 1. The standard InChI is InChI=1S/C25H42O4/c1-5-6-7-8-9-10-11-20-21(23(27)16-22(20)26)15-25(28)29-24-14-18(4)12-13-19(24)17(2)3/h10-11,17-22,24,26H,5-9,12-16H2,1-4H3/b11-10+/t18-,19+,20-,21-,22-,24-/m1/s1. The van der Waals surface area contributed by atoms with Gasteiger partial charge in [0.2, 0.25) is 0 Å². The number of aliphatic hydroxyl groups excluding tert-OH is 1. The number of hydrogen-bond acceptors (Lipinski definition) is 4. The molecule has 0 bridgehead atoms. The summed E-state index contributed by atoms with van der Waals surface area (Å²) in [5, 5.41) is 10.3. The maximum Gasteiger partial charge on any atom is 0.306 e. The first-order valence-corrected chi connectivity index (χ1v) is 11.9. The van der Waals surface area contributed by atoms with Crippen LogP contribution in [-0.4, -0.2) is 29.1 Å².